The summed E-state index contributed by atoms with van der Waals surface area (Å²) in [7, 11) is 0. The van der Waals surface area contributed by atoms with E-state index in [0.29, 0.717) is 18.9 Å². The fourth-order valence-electron chi connectivity index (χ4n) is 0.614. The van der Waals surface area contributed by atoms with E-state index in [4.69, 9.17) is 10.5 Å². The van der Waals surface area contributed by atoms with Crippen LogP contribution in [0, 0.1) is 0 Å². The molecule has 0 fully saturated rings. The Morgan fingerprint density at radius 1 is 1.73 bits per heavy atom. The average Bonchev–Trinajstić information content (AvgIpc) is 2.01. The van der Waals surface area contributed by atoms with Gasteiger partial charge in [0.2, 0.25) is 0 Å². The van der Waals surface area contributed by atoms with Crippen molar-refractivity contribution in [3.63, 3.8) is 0 Å². The predicted molar refractivity (Wildman–Crippen MR) is 39.4 cm³/mol. The number of ether oxygens (including phenoxy) is 1. The predicted octanol–water partition coefficient (Wildman–Crippen LogP) is -0.893. The first-order valence-electron chi connectivity index (χ1n) is 3.20. The molecule has 1 aromatic heterocycles. The Labute approximate surface area is 63.2 Å². The normalized spacial score (nSPS) is 9.55. The van der Waals surface area contributed by atoms with Crippen molar-refractivity contribution in [1.82, 2.24) is 10.2 Å². The lowest BCUT2D eigenvalue weighted by Crippen LogP contribution is -2.13. The molecule has 1 rings (SSSR count). The summed E-state index contributed by atoms with van der Waals surface area (Å²) in [5.41, 5.74) is 4.90. The van der Waals surface area contributed by atoms with Crippen LogP contribution in [0.25, 0.3) is 0 Å². The van der Waals surface area contributed by atoms with E-state index in [1.165, 1.54) is 12.3 Å². The van der Waals surface area contributed by atoms with Gasteiger partial charge >= 0.3 is 0 Å². The third-order valence-electron chi connectivity index (χ3n) is 1.03. The number of H-pyrrole nitrogens is 1. The molecule has 0 aliphatic rings. The Hall–Kier alpha value is -1.36. The SMILES string of the molecule is NCCOc1cn[nH]c(=O)c1. The summed E-state index contributed by atoms with van der Waals surface area (Å²) in [5.74, 6) is 0.444. The first-order chi connectivity index (χ1) is 5.33. The average molecular weight is 155 g/mol. The van der Waals surface area contributed by atoms with Crippen molar-refractivity contribution in [2.24, 2.45) is 5.73 Å². The molecule has 0 saturated carbocycles. The van der Waals surface area contributed by atoms with Crippen LogP contribution >= 0.6 is 0 Å². The van der Waals surface area contributed by atoms with Crippen LogP contribution in [0.4, 0.5) is 0 Å². The molecule has 0 amide bonds. The molecule has 0 saturated heterocycles. The number of aromatic nitrogens is 2. The van der Waals surface area contributed by atoms with Crippen molar-refractivity contribution in [3.8, 4) is 5.75 Å². The maximum Gasteiger partial charge on any atom is 0.267 e. The van der Waals surface area contributed by atoms with E-state index < -0.39 is 0 Å². The molecule has 0 bridgehead atoms. The minimum Gasteiger partial charge on any atom is -0.490 e. The van der Waals surface area contributed by atoms with E-state index in [-0.39, 0.29) is 5.56 Å². The molecule has 0 aliphatic carbocycles. The number of nitrogens with zero attached hydrogens (tertiary/aromatic N) is 1. The molecule has 5 nitrogen and oxygen atoms in total. The minimum absolute atomic E-state index is 0.278. The quantitative estimate of drug-likeness (QED) is 0.593. The summed E-state index contributed by atoms with van der Waals surface area (Å²) >= 11 is 0. The summed E-state index contributed by atoms with van der Waals surface area (Å²) in [6, 6.07) is 1.32. The van der Waals surface area contributed by atoms with Gasteiger partial charge in [-0.1, -0.05) is 0 Å². The molecule has 11 heavy (non-hydrogen) atoms. The zero-order valence-corrected chi connectivity index (χ0v) is 5.91. The molecule has 0 atom stereocenters. The van der Waals surface area contributed by atoms with E-state index in [2.05, 4.69) is 10.2 Å². The van der Waals surface area contributed by atoms with Gasteiger partial charge in [-0.25, -0.2) is 5.10 Å². The molecule has 0 unspecified atom stereocenters. The molecule has 0 radical (unpaired) electrons. The monoisotopic (exact) mass is 155 g/mol. The zero-order valence-electron chi connectivity index (χ0n) is 5.91. The molecule has 0 aromatic carbocycles. The van der Waals surface area contributed by atoms with Crippen molar-refractivity contribution in [3.05, 3.63) is 22.6 Å². The highest BCUT2D eigenvalue weighted by molar-refractivity contribution is 5.12. The van der Waals surface area contributed by atoms with Gasteiger partial charge in [0.25, 0.3) is 5.56 Å². The van der Waals surface area contributed by atoms with Crippen molar-refractivity contribution < 1.29 is 4.74 Å². The molecule has 0 spiro atoms. The second kappa shape index (κ2) is 3.72. The van der Waals surface area contributed by atoms with Gasteiger partial charge in [-0.3, -0.25) is 4.79 Å². The number of hydrogen-bond acceptors (Lipinski definition) is 4. The molecule has 5 heteroatoms. The molecular weight excluding hydrogens is 146 g/mol. The lowest BCUT2D eigenvalue weighted by Gasteiger charge is -2.00. The van der Waals surface area contributed by atoms with E-state index in [1.807, 2.05) is 0 Å². The summed E-state index contributed by atoms with van der Waals surface area (Å²) < 4.78 is 5.03. The smallest absolute Gasteiger partial charge is 0.267 e. The first kappa shape index (κ1) is 7.74. The molecule has 1 aromatic rings. The number of hydrogen-bond donors (Lipinski definition) is 2. The van der Waals surface area contributed by atoms with Crippen molar-refractivity contribution in [2.75, 3.05) is 13.2 Å². The van der Waals surface area contributed by atoms with Crippen LogP contribution in [-0.2, 0) is 0 Å². The Bertz CT molecular complexity index is 271. The van der Waals surface area contributed by atoms with Gasteiger partial charge in [0.05, 0.1) is 6.20 Å². The Balaban J connectivity index is 2.64. The highest BCUT2D eigenvalue weighted by Gasteiger charge is 1.92. The van der Waals surface area contributed by atoms with Gasteiger partial charge < -0.3 is 10.5 Å². The van der Waals surface area contributed by atoms with Gasteiger partial charge in [-0.2, -0.15) is 5.10 Å². The maximum absolute atomic E-state index is 10.6. The third-order valence-corrected chi connectivity index (χ3v) is 1.03. The number of nitrogens with two attached hydrogens (primary N) is 1. The second-order valence-electron chi connectivity index (χ2n) is 1.92. The zero-order chi connectivity index (χ0) is 8.10. The lowest BCUT2D eigenvalue weighted by atomic mass is 10.5. The van der Waals surface area contributed by atoms with Crippen LogP contribution in [0.3, 0.4) is 0 Å². The largest absolute Gasteiger partial charge is 0.490 e. The van der Waals surface area contributed by atoms with E-state index in [1.54, 1.807) is 0 Å². The molecule has 1 heterocycles. The van der Waals surface area contributed by atoms with Crippen LogP contribution in [0.2, 0.25) is 0 Å². The number of nitrogens with one attached hydrogen (secondary N) is 1. The molecule has 3 N–H and O–H groups in total. The highest BCUT2D eigenvalue weighted by atomic mass is 16.5. The Morgan fingerprint density at radius 3 is 3.18 bits per heavy atom. The first-order valence-corrected chi connectivity index (χ1v) is 3.20. The number of aromatic amines is 1. The van der Waals surface area contributed by atoms with Gasteiger partial charge in [-0.15, -0.1) is 0 Å². The number of rotatable bonds is 3. The van der Waals surface area contributed by atoms with E-state index in [0.717, 1.165) is 0 Å². The van der Waals surface area contributed by atoms with Crippen molar-refractivity contribution in [2.45, 2.75) is 0 Å². The van der Waals surface area contributed by atoms with Crippen molar-refractivity contribution >= 4 is 0 Å². The Kier molecular flexibility index (Phi) is 2.62. The fourth-order valence-corrected chi connectivity index (χ4v) is 0.614. The van der Waals surface area contributed by atoms with Gasteiger partial charge in [0.15, 0.2) is 0 Å². The van der Waals surface area contributed by atoms with Crippen LogP contribution in [0.5, 0.6) is 5.75 Å². The van der Waals surface area contributed by atoms with E-state index >= 15 is 0 Å². The standard InChI is InChI=1S/C6H9N3O2/c7-1-2-11-5-3-6(10)9-8-4-5/h3-4H,1-2,7H2,(H,9,10). The van der Waals surface area contributed by atoms with Crippen LogP contribution in [0.1, 0.15) is 0 Å². The highest BCUT2D eigenvalue weighted by Crippen LogP contribution is 2.00. The van der Waals surface area contributed by atoms with Gasteiger partial charge in [0.1, 0.15) is 12.4 Å². The summed E-state index contributed by atoms with van der Waals surface area (Å²) in [4.78, 5) is 10.6. The summed E-state index contributed by atoms with van der Waals surface area (Å²) in [6.07, 6.45) is 1.43. The molecule has 60 valence electrons. The lowest BCUT2D eigenvalue weighted by molar-refractivity contribution is 0.325. The summed E-state index contributed by atoms with van der Waals surface area (Å²) in [5, 5.41) is 5.77. The van der Waals surface area contributed by atoms with Crippen LogP contribution in [0.15, 0.2) is 17.1 Å². The van der Waals surface area contributed by atoms with E-state index in [9.17, 15) is 4.79 Å². The fraction of sp³-hybridized carbons (Fsp3) is 0.333. The third kappa shape index (κ3) is 2.38. The maximum atomic E-state index is 10.6. The second-order valence-corrected chi connectivity index (χ2v) is 1.92. The van der Waals surface area contributed by atoms with Crippen molar-refractivity contribution in [1.29, 1.82) is 0 Å². The van der Waals surface area contributed by atoms with Gasteiger partial charge in [-0.05, 0) is 0 Å². The minimum atomic E-state index is -0.278. The topological polar surface area (TPSA) is 81.0 Å². The molecular formula is C6H9N3O2. The summed E-state index contributed by atoms with van der Waals surface area (Å²) in [6.45, 7) is 0.817. The Morgan fingerprint density at radius 2 is 2.55 bits per heavy atom. The molecule has 0 aliphatic heterocycles. The van der Waals surface area contributed by atoms with Crippen LogP contribution < -0.4 is 16.0 Å². The van der Waals surface area contributed by atoms with Gasteiger partial charge in [0, 0.05) is 12.6 Å². The van der Waals surface area contributed by atoms with Crippen LogP contribution in [-0.4, -0.2) is 23.3 Å².